The van der Waals surface area contributed by atoms with E-state index in [0.717, 1.165) is 31.0 Å². The highest BCUT2D eigenvalue weighted by atomic mass is 16.5. The summed E-state index contributed by atoms with van der Waals surface area (Å²) >= 11 is 0. The standard InChI is InChI=1S/C17H26N2O2/c20-17(21-14-16-7-2-1-3-8-16)19-11-5-4-6-15-9-12-18-13-10-15/h1-3,7-8,15,18H,4-6,9-14H2,(H,19,20). The van der Waals surface area contributed by atoms with Gasteiger partial charge in [-0.25, -0.2) is 4.79 Å². The zero-order valence-corrected chi connectivity index (χ0v) is 12.6. The van der Waals surface area contributed by atoms with Crippen molar-refractivity contribution >= 4 is 6.09 Å². The number of benzene rings is 1. The molecule has 0 atom stereocenters. The monoisotopic (exact) mass is 290 g/mol. The normalized spacial score (nSPS) is 15.6. The Kier molecular flexibility index (Phi) is 7.08. The zero-order chi connectivity index (χ0) is 14.8. The second kappa shape index (κ2) is 9.40. The molecular weight excluding hydrogens is 264 g/mol. The lowest BCUT2D eigenvalue weighted by Gasteiger charge is -2.22. The van der Waals surface area contributed by atoms with Crippen LogP contribution in [0, 0.1) is 5.92 Å². The zero-order valence-electron chi connectivity index (χ0n) is 12.6. The van der Waals surface area contributed by atoms with Crippen LogP contribution in [0.25, 0.3) is 0 Å². The molecular formula is C17H26N2O2. The summed E-state index contributed by atoms with van der Waals surface area (Å²) in [5.74, 6) is 0.872. The summed E-state index contributed by atoms with van der Waals surface area (Å²) in [6.07, 6.45) is 5.77. The van der Waals surface area contributed by atoms with Crippen molar-refractivity contribution in [2.24, 2.45) is 5.92 Å². The van der Waals surface area contributed by atoms with Crippen molar-refractivity contribution in [1.82, 2.24) is 10.6 Å². The van der Waals surface area contributed by atoms with E-state index in [1.54, 1.807) is 0 Å². The van der Waals surface area contributed by atoms with Gasteiger partial charge in [-0.2, -0.15) is 0 Å². The van der Waals surface area contributed by atoms with Crippen LogP contribution in [-0.4, -0.2) is 25.7 Å². The van der Waals surface area contributed by atoms with Crippen LogP contribution < -0.4 is 10.6 Å². The topological polar surface area (TPSA) is 50.4 Å². The average molecular weight is 290 g/mol. The van der Waals surface area contributed by atoms with Crippen LogP contribution in [0.15, 0.2) is 30.3 Å². The first-order valence-electron chi connectivity index (χ1n) is 8.00. The molecule has 2 N–H and O–H groups in total. The Labute approximate surface area is 127 Å². The third kappa shape index (κ3) is 6.63. The lowest BCUT2D eigenvalue weighted by Crippen LogP contribution is -2.28. The Morgan fingerprint density at radius 2 is 1.95 bits per heavy atom. The third-order valence-corrected chi connectivity index (χ3v) is 3.98. The highest BCUT2D eigenvalue weighted by molar-refractivity contribution is 5.67. The molecule has 2 rings (SSSR count). The number of carbonyl (C=O) groups excluding carboxylic acids is 1. The molecule has 1 aromatic carbocycles. The molecule has 1 amide bonds. The molecule has 0 saturated carbocycles. The lowest BCUT2D eigenvalue weighted by molar-refractivity contribution is 0.139. The minimum Gasteiger partial charge on any atom is -0.445 e. The summed E-state index contributed by atoms with van der Waals surface area (Å²) in [5, 5.41) is 6.20. The maximum Gasteiger partial charge on any atom is 0.407 e. The van der Waals surface area contributed by atoms with Crippen LogP contribution in [0.3, 0.4) is 0 Å². The van der Waals surface area contributed by atoms with Crippen molar-refractivity contribution < 1.29 is 9.53 Å². The summed E-state index contributed by atoms with van der Waals surface area (Å²) in [6, 6.07) is 9.74. The van der Waals surface area contributed by atoms with E-state index in [0.29, 0.717) is 13.2 Å². The van der Waals surface area contributed by atoms with E-state index in [1.807, 2.05) is 30.3 Å². The number of carbonyl (C=O) groups is 1. The molecule has 1 heterocycles. The second-order valence-corrected chi connectivity index (χ2v) is 5.68. The number of hydrogen-bond donors (Lipinski definition) is 2. The molecule has 0 radical (unpaired) electrons. The van der Waals surface area contributed by atoms with Crippen LogP contribution in [-0.2, 0) is 11.3 Å². The molecule has 4 nitrogen and oxygen atoms in total. The number of amides is 1. The van der Waals surface area contributed by atoms with Gasteiger partial charge < -0.3 is 15.4 Å². The summed E-state index contributed by atoms with van der Waals surface area (Å²) in [5.41, 5.74) is 1.01. The molecule has 1 aromatic rings. The van der Waals surface area contributed by atoms with Crippen molar-refractivity contribution in [3.63, 3.8) is 0 Å². The highest BCUT2D eigenvalue weighted by Gasteiger charge is 2.12. The number of unbranched alkanes of at least 4 members (excludes halogenated alkanes) is 1. The minimum absolute atomic E-state index is 0.319. The van der Waals surface area contributed by atoms with Gasteiger partial charge >= 0.3 is 6.09 Å². The Morgan fingerprint density at radius 1 is 1.19 bits per heavy atom. The Hall–Kier alpha value is -1.55. The molecule has 0 aromatic heterocycles. The van der Waals surface area contributed by atoms with Gasteiger partial charge in [0.15, 0.2) is 0 Å². The van der Waals surface area contributed by atoms with Gasteiger partial charge in [0.05, 0.1) is 0 Å². The van der Waals surface area contributed by atoms with Gasteiger partial charge in [-0.05, 0) is 43.8 Å². The van der Waals surface area contributed by atoms with Crippen LogP contribution in [0.4, 0.5) is 4.79 Å². The van der Waals surface area contributed by atoms with Crippen molar-refractivity contribution in [2.45, 2.75) is 38.7 Å². The number of piperidine rings is 1. The number of hydrogen-bond acceptors (Lipinski definition) is 3. The summed E-state index contributed by atoms with van der Waals surface area (Å²) in [6.45, 7) is 3.36. The van der Waals surface area contributed by atoms with Crippen LogP contribution in [0.1, 0.15) is 37.7 Å². The van der Waals surface area contributed by atoms with Gasteiger partial charge in [0.1, 0.15) is 6.61 Å². The van der Waals surface area contributed by atoms with E-state index in [9.17, 15) is 4.79 Å². The van der Waals surface area contributed by atoms with Crippen molar-refractivity contribution in [3.05, 3.63) is 35.9 Å². The SMILES string of the molecule is O=C(NCCCCC1CCNCC1)OCc1ccccc1. The Balaban J connectivity index is 1.47. The molecule has 1 aliphatic heterocycles. The largest absolute Gasteiger partial charge is 0.445 e. The quantitative estimate of drug-likeness (QED) is 0.759. The molecule has 21 heavy (non-hydrogen) atoms. The van der Waals surface area contributed by atoms with Crippen LogP contribution in [0.2, 0.25) is 0 Å². The predicted molar refractivity (Wildman–Crippen MR) is 84.1 cm³/mol. The number of rotatable bonds is 7. The van der Waals surface area contributed by atoms with Gasteiger partial charge in [0, 0.05) is 6.54 Å². The summed E-state index contributed by atoms with van der Waals surface area (Å²) < 4.78 is 5.17. The molecule has 0 spiro atoms. The Bertz CT molecular complexity index is 403. The van der Waals surface area contributed by atoms with E-state index < -0.39 is 0 Å². The van der Waals surface area contributed by atoms with E-state index in [4.69, 9.17) is 4.74 Å². The first-order chi connectivity index (χ1) is 10.3. The van der Waals surface area contributed by atoms with Gasteiger partial charge in [-0.15, -0.1) is 0 Å². The van der Waals surface area contributed by atoms with E-state index in [-0.39, 0.29) is 6.09 Å². The van der Waals surface area contributed by atoms with Crippen molar-refractivity contribution in [3.8, 4) is 0 Å². The molecule has 0 aliphatic carbocycles. The first-order valence-corrected chi connectivity index (χ1v) is 8.00. The fourth-order valence-electron chi connectivity index (χ4n) is 2.69. The number of nitrogens with one attached hydrogen (secondary N) is 2. The second-order valence-electron chi connectivity index (χ2n) is 5.68. The van der Waals surface area contributed by atoms with Gasteiger partial charge in [-0.3, -0.25) is 0 Å². The Morgan fingerprint density at radius 3 is 2.71 bits per heavy atom. The fraction of sp³-hybridized carbons (Fsp3) is 0.588. The van der Waals surface area contributed by atoms with Gasteiger partial charge in [0.2, 0.25) is 0 Å². The van der Waals surface area contributed by atoms with Crippen LogP contribution >= 0.6 is 0 Å². The maximum atomic E-state index is 11.5. The average Bonchev–Trinajstić information content (AvgIpc) is 2.54. The molecule has 116 valence electrons. The molecule has 4 heteroatoms. The van der Waals surface area contributed by atoms with E-state index in [1.165, 1.54) is 25.7 Å². The van der Waals surface area contributed by atoms with E-state index >= 15 is 0 Å². The molecule has 1 aliphatic rings. The molecule has 1 saturated heterocycles. The first kappa shape index (κ1) is 15.8. The van der Waals surface area contributed by atoms with E-state index in [2.05, 4.69) is 10.6 Å². The van der Waals surface area contributed by atoms with Crippen LogP contribution in [0.5, 0.6) is 0 Å². The van der Waals surface area contributed by atoms with Crippen molar-refractivity contribution in [1.29, 1.82) is 0 Å². The van der Waals surface area contributed by atoms with Gasteiger partial charge in [0.25, 0.3) is 0 Å². The molecule has 0 unspecified atom stereocenters. The molecule has 0 bridgehead atoms. The number of alkyl carbamates (subject to hydrolysis) is 1. The third-order valence-electron chi connectivity index (χ3n) is 3.98. The summed E-state index contributed by atoms with van der Waals surface area (Å²) in [7, 11) is 0. The van der Waals surface area contributed by atoms with Crippen molar-refractivity contribution in [2.75, 3.05) is 19.6 Å². The maximum absolute atomic E-state index is 11.5. The lowest BCUT2D eigenvalue weighted by atomic mass is 9.92. The summed E-state index contributed by atoms with van der Waals surface area (Å²) in [4.78, 5) is 11.5. The minimum atomic E-state index is -0.319. The number of ether oxygens (including phenoxy) is 1. The predicted octanol–water partition coefficient (Wildman–Crippen LogP) is 3.08. The highest BCUT2D eigenvalue weighted by Crippen LogP contribution is 2.18. The fourth-order valence-corrected chi connectivity index (χ4v) is 2.69. The van der Waals surface area contributed by atoms with Gasteiger partial charge in [-0.1, -0.05) is 43.2 Å². The molecule has 1 fully saturated rings. The smallest absolute Gasteiger partial charge is 0.407 e.